The Kier molecular flexibility index (Phi) is 6.63. The maximum atomic E-state index is 13.2. The Bertz CT molecular complexity index is 1240. The summed E-state index contributed by atoms with van der Waals surface area (Å²) in [5, 5.41) is 0. The zero-order chi connectivity index (χ0) is 23.8. The molecule has 2 fully saturated rings. The fourth-order valence-corrected chi connectivity index (χ4v) is 7.20. The molecule has 2 heterocycles. The highest BCUT2D eigenvalue weighted by Crippen LogP contribution is 2.25. The lowest BCUT2D eigenvalue weighted by Gasteiger charge is -2.34. The third kappa shape index (κ3) is 4.70. The number of hydrogen-bond acceptors (Lipinski definition) is 5. The first-order valence-corrected chi connectivity index (χ1v) is 14.0. The average Bonchev–Trinajstić information content (AvgIpc) is 3.35. The van der Waals surface area contributed by atoms with Gasteiger partial charge in [0.25, 0.3) is 5.91 Å². The van der Waals surface area contributed by atoms with E-state index in [2.05, 4.69) is 0 Å². The lowest BCUT2D eigenvalue weighted by molar-refractivity contribution is 0.0697. The van der Waals surface area contributed by atoms with Crippen LogP contribution in [0.3, 0.4) is 0 Å². The minimum absolute atomic E-state index is 0.124. The van der Waals surface area contributed by atoms with Gasteiger partial charge < -0.3 is 4.90 Å². The first-order valence-electron chi connectivity index (χ1n) is 11.1. The molecular formula is C23H29N3O5S2. The van der Waals surface area contributed by atoms with E-state index in [1.807, 2.05) is 6.92 Å². The number of piperazine rings is 1. The molecule has 0 N–H and O–H groups in total. The summed E-state index contributed by atoms with van der Waals surface area (Å²) in [5.74, 6) is -0.279. The number of aryl methyl sites for hydroxylation is 2. The monoisotopic (exact) mass is 491 g/mol. The minimum Gasteiger partial charge on any atom is -0.336 e. The number of rotatable bonds is 5. The molecule has 4 rings (SSSR count). The molecule has 2 aliphatic heterocycles. The van der Waals surface area contributed by atoms with Gasteiger partial charge in [0.1, 0.15) is 0 Å². The molecule has 0 spiro atoms. The molecule has 2 aromatic carbocycles. The Morgan fingerprint density at radius 1 is 0.697 bits per heavy atom. The van der Waals surface area contributed by atoms with E-state index >= 15 is 0 Å². The van der Waals surface area contributed by atoms with Gasteiger partial charge in [-0.2, -0.15) is 8.61 Å². The first-order chi connectivity index (χ1) is 15.6. The largest absolute Gasteiger partial charge is 0.336 e. The van der Waals surface area contributed by atoms with Crippen molar-refractivity contribution in [3.05, 3.63) is 59.2 Å². The third-order valence-corrected chi connectivity index (χ3v) is 10.1. The van der Waals surface area contributed by atoms with Crippen molar-refractivity contribution in [3.63, 3.8) is 0 Å². The first kappa shape index (κ1) is 23.9. The Hall–Kier alpha value is -2.27. The normalized spacial score (nSPS) is 18.5. The Morgan fingerprint density at radius 2 is 1.21 bits per heavy atom. The minimum atomic E-state index is -3.63. The van der Waals surface area contributed by atoms with Crippen LogP contribution in [0.15, 0.2) is 52.3 Å². The molecule has 33 heavy (non-hydrogen) atoms. The van der Waals surface area contributed by atoms with Crippen molar-refractivity contribution in [2.24, 2.45) is 0 Å². The SMILES string of the molecule is Cc1ccc(S(=O)(=O)N2CCN(C(=O)c3cc(S(=O)(=O)N4CCCC4)ccc3C)CC2)cc1. The molecule has 0 atom stereocenters. The summed E-state index contributed by atoms with van der Waals surface area (Å²) in [6, 6.07) is 11.4. The number of carbonyl (C=O) groups is 1. The summed E-state index contributed by atoms with van der Waals surface area (Å²) in [4.78, 5) is 15.2. The molecule has 178 valence electrons. The fraction of sp³-hybridized carbons (Fsp3) is 0.435. The highest BCUT2D eigenvalue weighted by Gasteiger charge is 2.32. The number of nitrogens with zero attached hydrogens (tertiary/aromatic N) is 3. The summed E-state index contributed by atoms with van der Waals surface area (Å²) in [7, 11) is -7.25. The molecule has 10 heteroatoms. The maximum Gasteiger partial charge on any atom is 0.254 e. The predicted molar refractivity (Wildman–Crippen MR) is 125 cm³/mol. The second-order valence-electron chi connectivity index (χ2n) is 8.60. The van der Waals surface area contributed by atoms with Crippen molar-refractivity contribution < 1.29 is 21.6 Å². The Morgan fingerprint density at radius 3 is 1.82 bits per heavy atom. The van der Waals surface area contributed by atoms with Gasteiger partial charge in [-0.25, -0.2) is 16.8 Å². The van der Waals surface area contributed by atoms with Crippen molar-refractivity contribution in [2.45, 2.75) is 36.5 Å². The van der Waals surface area contributed by atoms with Crippen LogP contribution in [-0.4, -0.2) is 75.5 Å². The molecule has 2 aliphatic rings. The van der Waals surface area contributed by atoms with Crippen LogP contribution in [0.5, 0.6) is 0 Å². The van der Waals surface area contributed by atoms with Gasteiger partial charge in [0.15, 0.2) is 0 Å². The second-order valence-corrected chi connectivity index (χ2v) is 12.5. The van der Waals surface area contributed by atoms with Gasteiger partial charge in [0.05, 0.1) is 9.79 Å². The topological polar surface area (TPSA) is 95.1 Å². The van der Waals surface area contributed by atoms with E-state index in [0.717, 1.165) is 18.4 Å². The molecular weight excluding hydrogens is 462 g/mol. The van der Waals surface area contributed by atoms with E-state index in [9.17, 15) is 21.6 Å². The lowest BCUT2D eigenvalue weighted by atomic mass is 10.1. The van der Waals surface area contributed by atoms with Crippen molar-refractivity contribution in [3.8, 4) is 0 Å². The van der Waals surface area contributed by atoms with Crippen LogP contribution in [-0.2, 0) is 20.0 Å². The number of carbonyl (C=O) groups excluding carboxylic acids is 1. The van der Waals surface area contributed by atoms with Gasteiger partial charge in [-0.3, -0.25) is 4.79 Å². The van der Waals surface area contributed by atoms with Crippen LogP contribution in [0.25, 0.3) is 0 Å². The van der Waals surface area contributed by atoms with Gasteiger partial charge >= 0.3 is 0 Å². The second kappa shape index (κ2) is 9.17. The number of amides is 1. The van der Waals surface area contributed by atoms with E-state index in [-0.39, 0.29) is 41.9 Å². The van der Waals surface area contributed by atoms with E-state index in [1.165, 1.54) is 14.7 Å². The smallest absolute Gasteiger partial charge is 0.254 e. The van der Waals surface area contributed by atoms with Crippen LogP contribution in [0.1, 0.15) is 34.3 Å². The van der Waals surface area contributed by atoms with E-state index in [0.29, 0.717) is 24.2 Å². The fourth-order valence-electron chi connectivity index (χ4n) is 4.23. The summed E-state index contributed by atoms with van der Waals surface area (Å²) in [6.45, 7) is 5.53. The molecule has 2 aromatic rings. The predicted octanol–water partition coefficient (Wildman–Crippen LogP) is 2.23. The van der Waals surface area contributed by atoms with Crippen LogP contribution < -0.4 is 0 Å². The van der Waals surface area contributed by atoms with Crippen molar-refractivity contribution in [2.75, 3.05) is 39.3 Å². The standard InChI is InChI=1S/C23H29N3O5S2/c1-18-5-8-20(9-6-18)32(28,29)26-15-13-24(14-16-26)23(27)22-17-21(10-7-19(22)2)33(30,31)25-11-3-4-12-25/h5-10,17H,3-4,11-16H2,1-2H3. The third-order valence-electron chi connectivity index (χ3n) is 6.33. The Balaban J connectivity index is 1.49. The molecule has 0 aliphatic carbocycles. The lowest BCUT2D eigenvalue weighted by Crippen LogP contribution is -2.50. The molecule has 2 saturated heterocycles. The summed E-state index contributed by atoms with van der Waals surface area (Å²) in [6.07, 6.45) is 1.68. The molecule has 0 radical (unpaired) electrons. The van der Waals surface area contributed by atoms with Crippen LogP contribution >= 0.6 is 0 Å². The Labute approximate surface area is 195 Å². The van der Waals surface area contributed by atoms with E-state index in [1.54, 1.807) is 48.2 Å². The van der Waals surface area contributed by atoms with Crippen LogP contribution in [0.4, 0.5) is 0 Å². The van der Waals surface area contributed by atoms with Gasteiger partial charge in [0, 0.05) is 44.8 Å². The number of benzene rings is 2. The number of sulfonamides is 2. The summed E-state index contributed by atoms with van der Waals surface area (Å²) in [5.41, 5.74) is 2.01. The molecule has 1 amide bonds. The van der Waals surface area contributed by atoms with Crippen LogP contribution in [0, 0.1) is 13.8 Å². The highest BCUT2D eigenvalue weighted by molar-refractivity contribution is 7.89. The molecule has 8 nitrogen and oxygen atoms in total. The highest BCUT2D eigenvalue weighted by atomic mass is 32.2. The van der Waals surface area contributed by atoms with Crippen molar-refractivity contribution in [1.82, 2.24) is 13.5 Å². The molecule has 0 saturated carbocycles. The summed E-state index contributed by atoms with van der Waals surface area (Å²) >= 11 is 0. The molecule has 0 aromatic heterocycles. The summed E-state index contributed by atoms with van der Waals surface area (Å²) < 4.78 is 54.6. The number of hydrogen-bond donors (Lipinski definition) is 0. The van der Waals surface area contributed by atoms with Crippen molar-refractivity contribution >= 4 is 26.0 Å². The van der Waals surface area contributed by atoms with E-state index < -0.39 is 20.0 Å². The van der Waals surface area contributed by atoms with Crippen LogP contribution in [0.2, 0.25) is 0 Å². The average molecular weight is 492 g/mol. The maximum absolute atomic E-state index is 13.2. The van der Waals surface area contributed by atoms with Gasteiger partial charge in [-0.05, 0) is 56.5 Å². The zero-order valence-corrected chi connectivity index (χ0v) is 20.5. The molecule has 0 bridgehead atoms. The van der Waals surface area contributed by atoms with E-state index in [4.69, 9.17) is 0 Å². The molecule has 0 unspecified atom stereocenters. The van der Waals surface area contributed by atoms with Gasteiger partial charge in [0.2, 0.25) is 20.0 Å². The van der Waals surface area contributed by atoms with Gasteiger partial charge in [-0.1, -0.05) is 23.8 Å². The zero-order valence-electron chi connectivity index (χ0n) is 18.9. The van der Waals surface area contributed by atoms with Crippen molar-refractivity contribution in [1.29, 1.82) is 0 Å². The quantitative estimate of drug-likeness (QED) is 0.639. The van der Waals surface area contributed by atoms with Gasteiger partial charge in [-0.15, -0.1) is 0 Å².